The summed E-state index contributed by atoms with van der Waals surface area (Å²) in [6.07, 6.45) is 2.30. The predicted molar refractivity (Wildman–Crippen MR) is 48.6 cm³/mol. The lowest BCUT2D eigenvalue weighted by Crippen LogP contribution is -2.25. The first-order valence-corrected chi connectivity index (χ1v) is 4.35. The highest BCUT2D eigenvalue weighted by Crippen LogP contribution is 2.09. The average molecular weight is 159 g/mol. The molecule has 0 saturated heterocycles. The molecule has 0 aliphatic carbocycles. The lowest BCUT2D eigenvalue weighted by molar-refractivity contribution is 0.211. The van der Waals surface area contributed by atoms with E-state index in [0.717, 1.165) is 6.42 Å². The summed E-state index contributed by atoms with van der Waals surface area (Å²) < 4.78 is 0. The van der Waals surface area contributed by atoms with Crippen LogP contribution in [0, 0.1) is 5.92 Å². The Labute approximate surface area is 70.2 Å². The molecule has 2 atom stereocenters. The Morgan fingerprint density at radius 3 is 2.09 bits per heavy atom. The molecule has 68 valence electrons. The minimum Gasteiger partial charge on any atom is -0.396 e. The van der Waals surface area contributed by atoms with E-state index in [9.17, 15) is 0 Å². The summed E-state index contributed by atoms with van der Waals surface area (Å²) >= 11 is 0. The molecule has 0 radical (unpaired) electrons. The molecule has 0 aromatic carbocycles. The molecular formula is C9H21NO. The Hall–Kier alpha value is -0.0800. The maximum absolute atomic E-state index is 8.77. The van der Waals surface area contributed by atoms with Crippen LogP contribution in [0.25, 0.3) is 0 Å². The van der Waals surface area contributed by atoms with E-state index in [1.165, 1.54) is 6.42 Å². The minimum absolute atomic E-state index is 0.320. The van der Waals surface area contributed by atoms with Gasteiger partial charge in [-0.3, -0.25) is 0 Å². The van der Waals surface area contributed by atoms with Crippen LogP contribution < -0.4 is 0 Å². The molecule has 2 unspecified atom stereocenters. The lowest BCUT2D eigenvalue weighted by atomic mass is 10.0. The number of rotatable bonds is 5. The van der Waals surface area contributed by atoms with Crippen molar-refractivity contribution in [2.24, 2.45) is 5.92 Å². The van der Waals surface area contributed by atoms with Crippen LogP contribution in [0.15, 0.2) is 0 Å². The molecule has 0 fully saturated rings. The van der Waals surface area contributed by atoms with Gasteiger partial charge in [0.1, 0.15) is 0 Å². The van der Waals surface area contributed by atoms with Gasteiger partial charge < -0.3 is 10.0 Å². The Morgan fingerprint density at radius 2 is 1.73 bits per heavy atom. The lowest BCUT2D eigenvalue weighted by Gasteiger charge is -2.20. The molecule has 2 heteroatoms. The highest BCUT2D eigenvalue weighted by atomic mass is 16.3. The van der Waals surface area contributed by atoms with Crippen molar-refractivity contribution >= 4 is 0 Å². The minimum atomic E-state index is 0.320. The van der Waals surface area contributed by atoms with Gasteiger partial charge in [0.05, 0.1) is 0 Å². The van der Waals surface area contributed by atoms with Gasteiger partial charge in [0.2, 0.25) is 0 Å². The van der Waals surface area contributed by atoms with Gasteiger partial charge in [0.15, 0.2) is 0 Å². The fraction of sp³-hybridized carbons (Fsp3) is 1.00. The zero-order valence-electron chi connectivity index (χ0n) is 8.17. The zero-order chi connectivity index (χ0) is 8.85. The summed E-state index contributed by atoms with van der Waals surface area (Å²) in [6, 6.07) is 0.629. The topological polar surface area (TPSA) is 23.5 Å². The van der Waals surface area contributed by atoms with Crippen LogP contribution in [-0.2, 0) is 0 Å². The van der Waals surface area contributed by atoms with E-state index in [0.29, 0.717) is 18.6 Å². The second-order valence-electron chi connectivity index (χ2n) is 3.68. The second-order valence-corrected chi connectivity index (χ2v) is 3.68. The maximum Gasteiger partial charge on any atom is 0.0456 e. The van der Waals surface area contributed by atoms with Crippen molar-refractivity contribution in [3.63, 3.8) is 0 Å². The molecule has 0 aromatic rings. The Kier molecular flexibility index (Phi) is 5.51. The summed E-state index contributed by atoms with van der Waals surface area (Å²) in [4.78, 5) is 2.21. The summed E-state index contributed by atoms with van der Waals surface area (Å²) in [5.41, 5.74) is 0. The molecule has 0 amide bonds. The van der Waals surface area contributed by atoms with Gasteiger partial charge in [-0.25, -0.2) is 0 Å². The zero-order valence-corrected chi connectivity index (χ0v) is 8.17. The molecule has 0 saturated carbocycles. The first-order chi connectivity index (χ1) is 5.07. The van der Waals surface area contributed by atoms with Gasteiger partial charge in [-0.2, -0.15) is 0 Å². The fourth-order valence-electron chi connectivity index (χ4n) is 0.875. The smallest absolute Gasteiger partial charge is 0.0456 e. The van der Waals surface area contributed by atoms with Crippen molar-refractivity contribution in [2.75, 3.05) is 20.7 Å². The van der Waals surface area contributed by atoms with Gasteiger partial charge in [-0.15, -0.1) is 0 Å². The molecule has 0 spiro atoms. The monoisotopic (exact) mass is 159 g/mol. The van der Waals surface area contributed by atoms with Crippen LogP contribution in [0.2, 0.25) is 0 Å². The van der Waals surface area contributed by atoms with Gasteiger partial charge >= 0.3 is 0 Å². The van der Waals surface area contributed by atoms with E-state index in [2.05, 4.69) is 32.8 Å². The van der Waals surface area contributed by atoms with E-state index < -0.39 is 0 Å². The third-order valence-corrected chi connectivity index (χ3v) is 2.27. The maximum atomic E-state index is 8.77. The molecule has 11 heavy (non-hydrogen) atoms. The Morgan fingerprint density at radius 1 is 1.18 bits per heavy atom. The van der Waals surface area contributed by atoms with Crippen LogP contribution >= 0.6 is 0 Å². The average Bonchev–Trinajstić information content (AvgIpc) is 1.99. The van der Waals surface area contributed by atoms with Crippen molar-refractivity contribution in [3.05, 3.63) is 0 Å². The highest BCUT2D eigenvalue weighted by Gasteiger charge is 2.06. The summed E-state index contributed by atoms with van der Waals surface area (Å²) in [7, 11) is 4.18. The second kappa shape index (κ2) is 5.56. The van der Waals surface area contributed by atoms with Crippen LogP contribution in [0.5, 0.6) is 0 Å². The van der Waals surface area contributed by atoms with E-state index in [1.807, 2.05) is 0 Å². The van der Waals surface area contributed by atoms with E-state index in [-0.39, 0.29) is 0 Å². The molecular weight excluding hydrogens is 138 g/mol. The molecule has 0 heterocycles. The number of nitrogens with zero attached hydrogens (tertiary/aromatic N) is 1. The standard InChI is InChI=1S/C9H21NO/c1-8(7-11)5-6-9(2)10(3)4/h8-9,11H,5-7H2,1-4H3. The molecule has 0 aliphatic heterocycles. The van der Waals surface area contributed by atoms with Crippen molar-refractivity contribution in [1.29, 1.82) is 0 Å². The molecule has 0 aliphatic rings. The highest BCUT2D eigenvalue weighted by molar-refractivity contribution is 4.61. The molecule has 0 rings (SSSR count). The van der Waals surface area contributed by atoms with Crippen LogP contribution in [-0.4, -0.2) is 36.8 Å². The number of hydrogen-bond donors (Lipinski definition) is 1. The third-order valence-electron chi connectivity index (χ3n) is 2.27. The van der Waals surface area contributed by atoms with Crippen LogP contribution in [0.1, 0.15) is 26.7 Å². The van der Waals surface area contributed by atoms with Crippen LogP contribution in [0.4, 0.5) is 0 Å². The van der Waals surface area contributed by atoms with Crippen molar-refractivity contribution in [1.82, 2.24) is 4.90 Å². The Bertz CT molecular complexity index is 93.6. The number of aliphatic hydroxyl groups excluding tert-OH is 1. The number of hydrogen-bond acceptors (Lipinski definition) is 2. The first-order valence-electron chi connectivity index (χ1n) is 4.35. The summed E-state index contributed by atoms with van der Waals surface area (Å²) in [6.45, 7) is 4.62. The molecule has 1 N–H and O–H groups in total. The molecule has 2 nitrogen and oxygen atoms in total. The fourth-order valence-corrected chi connectivity index (χ4v) is 0.875. The quantitative estimate of drug-likeness (QED) is 0.654. The molecule has 0 aromatic heterocycles. The summed E-state index contributed by atoms with van der Waals surface area (Å²) in [5, 5.41) is 8.77. The summed E-state index contributed by atoms with van der Waals surface area (Å²) in [5.74, 6) is 0.456. The largest absolute Gasteiger partial charge is 0.396 e. The van der Waals surface area contributed by atoms with Gasteiger partial charge in [0.25, 0.3) is 0 Å². The molecule has 0 bridgehead atoms. The van der Waals surface area contributed by atoms with Gasteiger partial charge in [-0.1, -0.05) is 6.92 Å². The van der Waals surface area contributed by atoms with Crippen molar-refractivity contribution < 1.29 is 5.11 Å². The van der Waals surface area contributed by atoms with E-state index >= 15 is 0 Å². The van der Waals surface area contributed by atoms with Crippen molar-refractivity contribution in [2.45, 2.75) is 32.7 Å². The van der Waals surface area contributed by atoms with Gasteiger partial charge in [0, 0.05) is 12.6 Å². The van der Waals surface area contributed by atoms with E-state index in [1.54, 1.807) is 0 Å². The normalized spacial score (nSPS) is 16.9. The van der Waals surface area contributed by atoms with Gasteiger partial charge in [-0.05, 0) is 39.8 Å². The first kappa shape index (κ1) is 10.9. The number of aliphatic hydroxyl groups is 1. The third kappa shape index (κ3) is 5.22. The van der Waals surface area contributed by atoms with Crippen molar-refractivity contribution in [3.8, 4) is 0 Å². The Balaban J connectivity index is 3.37. The predicted octanol–water partition coefficient (Wildman–Crippen LogP) is 1.35. The van der Waals surface area contributed by atoms with Crippen LogP contribution in [0.3, 0.4) is 0 Å². The van der Waals surface area contributed by atoms with E-state index in [4.69, 9.17) is 5.11 Å². The SMILES string of the molecule is CC(CO)CCC(C)N(C)C.